The van der Waals surface area contributed by atoms with Gasteiger partial charge in [-0.25, -0.2) is 0 Å². The first-order valence-electron chi connectivity index (χ1n) is 6.18. The van der Waals surface area contributed by atoms with Crippen molar-refractivity contribution < 1.29 is 0 Å². The van der Waals surface area contributed by atoms with Gasteiger partial charge in [0.05, 0.1) is 0 Å². The third-order valence-corrected chi connectivity index (χ3v) is 2.66. The molecule has 0 saturated carbocycles. The summed E-state index contributed by atoms with van der Waals surface area (Å²) in [5.41, 5.74) is 11.7. The van der Waals surface area contributed by atoms with Crippen molar-refractivity contribution in [2.24, 2.45) is 11.5 Å². The van der Waals surface area contributed by atoms with Crippen LogP contribution in [0.5, 0.6) is 0 Å². The second-order valence-electron chi connectivity index (χ2n) is 4.52. The molecule has 0 rings (SSSR count). The van der Waals surface area contributed by atoms with Crippen molar-refractivity contribution in [2.45, 2.75) is 77.3 Å². The van der Waals surface area contributed by atoms with Gasteiger partial charge in [0, 0.05) is 12.1 Å². The minimum atomic E-state index is 0.353. The van der Waals surface area contributed by atoms with E-state index in [1.54, 1.807) is 0 Å². The summed E-state index contributed by atoms with van der Waals surface area (Å²) in [6.07, 6.45) is 9.91. The maximum Gasteiger partial charge on any atom is 0.00388 e. The van der Waals surface area contributed by atoms with E-state index in [1.807, 2.05) is 0 Å². The molecule has 14 heavy (non-hydrogen) atoms. The molecule has 0 aliphatic rings. The summed E-state index contributed by atoms with van der Waals surface area (Å²) in [7, 11) is 0. The Morgan fingerprint density at radius 1 is 0.857 bits per heavy atom. The number of nitrogens with two attached hydrogens (primary N) is 2. The molecule has 2 heteroatoms. The quantitative estimate of drug-likeness (QED) is 0.562. The number of hydrogen-bond donors (Lipinski definition) is 2. The SMILES string of the molecule is CCCCCC(N)CCCCC(C)N. The lowest BCUT2D eigenvalue weighted by Gasteiger charge is -2.11. The molecule has 0 aliphatic heterocycles. The fourth-order valence-corrected chi connectivity index (χ4v) is 1.67. The molecule has 0 aromatic rings. The van der Waals surface area contributed by atoms with Crippen molar-refractivity contribution in [1.29, 1.82) is 0 Å². The lowest BCUT2D eigenvalue weighted by atomic mass is 10.0. The molecule has 0 aromatic carbocycles. The summed E-state index contributed by atoms with van der Waals surface area (Å²) in [5, 5.41) is 0. The lowest BCUT2D eigenvalue weighted by Crippen LogP contribution is -2.20. The smallest absolute Gasteiger partial charge is 0.00388 e. The van der Waals surface area contributed by atoms with Gasteiger partial charge in [0.2, 0.25) is 0 Å². The van der Waals surface area contributed by atoms with Gasteiger partial charge in [-0.1, -0.05) is 39.0 Å². The molecule has 0 aromatic heterocycles. The molecule has 0 saturated heterocycles. The zero-order chi connectivity index (χ0) is 10.8. The van der Waals surface area contributed by atoms with Gasteiger partial charge in [0.25, 0.3) is 0 Å². The highest BCUT2D eigenvalue weighted by molar-refractivity contribution is 4.62. The summed E-state index contributed by atoms with van der Waals surface area (Å²) in [6.45, 7) is 4.30. The van der Waals surface area contributed by atoms with E-state index in [9.17, 15) is 0 Å². The van der Waals surface area contributed by atoms with Crippen LogP contribution in [0.15, 0.2) is 0 Å². The topological polar surface area (TPSA) is 52.0 Å². The van der Waals surface area contributed by atoms with E-state index in [-0.39, 0.29) is 0 Å². The summed E-state index contributed by atoms with van der Waals surface area (Å²) in [6, 6.07) is 0.779. The zero-order valence-corrected chi connectivity index (χ0v) is 9.97. The summed E-state index contributed by atoms with van der Waals surface area (Å²) >= 11 is 0. The van der Waals surface area contributed by atoms with Crippen molar-refractivity contribution in [3.8, 4) is 0 Å². The summed E-state index contributed by atoms with van der Waals surface area (Å²) < 4.78 is 0. The Bertz CT molecular complexity index is 113. The highest BCUT2D eigenvalue weighted by Gasteiger charge is 2.02. The molecule has 0 fully saturated rings. The Morgan fingerprint density at radius 2 is 1.36 bits per heavy atom. The third-order valence-electron chi connectivity index (χ3n) is 2.66. The normalized spacial score (nSPS) is 15.4. The van der Waals surface area contributed by atoms with E-state index in [4.69, 9.17) is 11.5 Å². The second-order valence-corrected chi connectivity index (χ2v) is 4.52. The standard InChI is InChI=1S/C12H28N2/c1-3-4-5-9-12(14)10-7-6-8-11(2)13/h11-12H,3-10,13-14H2,1-2H3. The van der Waals surface area contributed by atoms with Crippen LogP contribution in [0.1, 0.15) is 65.2 Å². The van der Waals surface area contributed by atoms with Crippen LogP contribution in [-0.2, 0) is 0 Å². The molecule has 86 valence electrons. The Balaban J connectivity index is 3.14. The van der Waals surface area contributed by atoms with Gasteiger partial charge in [0.15, 0.2) is 0 Å². The zero-order valence-electron chi connectivity index (χ0n) is 9.97. The van der Waals surface area contributed by atoms with Crippen molar-refractivity contribution >= 4 is 0 Å². The Kier molecular flexibility index (Phi) is 9.42. The van der Waals surface area contributed by atoms with Crippen LogP contribution in [0.25, 0.3) is 0 Å². The van der Waals surface area contributed by atoms with Crippen LogP contribution in [-0.4, -0.2) is 12.1 Å². The maximum absolute atomic E-state index is 6.00. The molecule has 0 amide bonds. The largest absolute Gasteiger partial charge is 0.328 e. The fourth-order valence-electron chi connectivity index (χ4n) is 1.67. The van der Waals surface area contributed by atoms with E-state index >= 15 is 0 Å². The van der Waals surface area contributed by atoms with E-state index < -0.39 is 0 Å². The first kappa shape index (κ1) is 13.9. The fraction of sp³-hybridized carbons (Fsp3) is 1.00. The molecular formula is C12H28N2. The molecule has 2 unspecified atom stereocenters. The van der Waals surface area contributed by atoms with Gasteiger partial charge in [-0.2, -0.15) is 0 Å². The Labute approximate surface area is 89.4 Å². The summed E-state index contributed by atoms with van der Waals surface area (Å²) in [4.78, 5) is 0. The first-order valence-corrected chi connectivity index (χ1v) is 6.18. The van der Waals surface area contributed by atoms with Crippen molar-refractivity contribution in [1.82, 2.24) is 0 Å². The van der Waals surface area contributed by atoms with Crippen LogP contribution in [0, 0.1) is 0 Å². The van der Waals surface area contributed by atoms with Crippen LogP contribution in [0.3, 0.4) is 0 Å². The lowest BCUT2D eigenvalue weighted by molar-refractivity contribution is 0.488. The molecule has 0 aliphatic carbocycles. The highest BCUT2D eigenvalue weighted by atomic mass is 14.6. The van der Waals surface area contributed by atoms with Gasteiger partial charge in [-0.15, -0.1) is 0 Å². The molecule has 2 nitrogen and oxygen atoms in total. The van der Waals surface area contributed by atoms with E-state index in [0.29, 0.717) is 12.1 Å². The van der Waals surface area contributed by atoms with Gasteiger partial charge < -0.3 is 11.5 Å². The minimum Gasteiger partial charge on any atom is -0.328 e. The van der Waals surface area contributed by atoms with E-state index in [1.165, 1.54) is 44.9 Å². The van der Waals surface area contributed by atoms with Crippen LogP contribution in [0.4, 0.5) is 0 Å². The second kappa shape index (κ2) is 9.47. The minimum absolute atomic E-state index is 0.353. The van der Waals surface area contributed by atoms with Crippen LogP contribution in [0.2, 0.25) is 0 Å². The van der Waals surface area contributed by atoms with E-state index in [0.717, 1.165) is 6.42 Å². The Hall–Kier alpha value is -0.0800. The molecular weight excluding hydrogens is 172 g/mol. The van der Waals surface area contributed by atoms with E-state index in [2.05, 4.69) is 13.8 Å². The van der Waals surface area contributed by atoms with Crippen LogP contribution >= 0.6 is 0 Å². The highest BCUT2D eigenvalue weighted by Crippen LogP contribution is 2.09. The number of unbranched alkanes of at least 4 members (excludes halogenated alkanes) is 3. The molecule has 4 N–H and O–H groups in total. The van der Waals surface area contributed by atoms with Crippen LogP contribution < -0.4 is 11.5 Å². The predicted molar refractivity (Wildman–Crippen MR) is 64.2 cm³/mol. The first-order chi connectivity index (χ1) is 6.66. The van der Waals surface area contributed by atoms with Gasteiger partial charge in [-0.05, 0) is 26.2 Å². The molecule has 2 atom stereocenters. The molecule has 0 heterocycles. The van der Waals surface area contributed by atoms with Crippen molar-refractivity contribution in [2.75, 3.05) is 0 Å². The number of hydrogen-bond acceptors (Lipinski definition) is 2. The average Bonchev–Trinajstić information content (AvgIpc) is 2.13. The van der Waals surface area contributed by atoms with Gasteiger partial charge >= 0.3 is 0 Å². The predicted octanol–water partition coefficient (Wildman–Crippen LogP) is 2.80. The Morgan fingerprint density at radius 3 is 1.86 bits per heavy atom. The van der Waals surface area contributed by atoms with Gasteiger partial charge in [0.1, 0.15) is 0 Å². The monoisotopic (exact) mass is 200 g/mol. The molecule has 0 radical (unpaired) electrons. The molecule has 0 spiro atoms. The van der Waals surface area contributed by atoms with Crippen molar-refractivity contribution in [3.63, 3.8) is 0 Å². The number of rotatable bonds is 9. The average molecular weight is 200 g/mol. The maximum atomic E-state index is 6.00. The molecule has 0 bridgehead atoms. The van der Waals surface area contributed by atoms with Crippen molar-refractivity contribution in [3.05, 3.63) is 0 Å². The van der Waals surface area contributed by atoms with Gasteiger partial charge in [-0.3, -0.25) is 0 Å². The summed E-state index contributed by atoms with van der Waals surface area (Å²) in [5.74, 6) is 0. The third kappa shape index (κ3) is 10.0.